The van der Waals surface area contributed by atoms with Gasteiger partial charge in [0, 0.05) is 37.0 Å². The Balaban J connectivity index is 2.63. The van der Waals surface area contributed by atoms with Gasteiger partial charge in [0.2, 0.25) is 5.91 Å². The lowest BCUT2D eigenvalue weighted by Gasteiger charge is -2.27. The van der Waals surface area contributed by atoms with Gasteiger partial charge in [0.05, 0.1) is 0 Å². The Morgan fingerprint density at radius 2 is 1.95 bits per heavy atom. The van der Waals surface area contributed by atoms with E-state index >= 15 is 0 Å². The molecule has 2 N–H and O–H groups in total. The van der Waals surface area contributed by atoms with E-state index in [1.165, 1.54) is 0 Å². The van der Waals surface area contributed by atoms with Crippen LogP contribution < -0.4 is 10.2 Å². The van der Waals surface area contributed by atoms with E-state index in [4.69, 9.17) is 5.11 Å². The van der Waals surface area contributed by atoms with Gasteiger partial charge < -0.3 is 15.3 Å². The lowest BCUT2D eigenvalue weighted by molar-refractivity contribution is -0.116. The Morgan fingerprint density at radius 1 is 1.32 bits per heavy atom. The molecule has 106 valence electrons. The molecule has 0 saturated heterocycles. The maximum Gasteiger partial charge on any atom is 0.224 e. The molecule has 19 heavy (non-hydrogen) atoms. The molecule has 0 aliphatic carbocycles. The Bertz CT molecular complexity index is 388. The molecule has 0 spiro atoms. The summed E-state index contributed by atoms with van der Waals surface area (Å²) >= 11 is 0. The summed E-state index contributed by atoms with van der Waals surface area (Å²) in [6.07, 6.45) is 0.853. The zero-order chi connectivity index (χ0) is 14.3. The molecule has 0 aliphatic heterocycles. The summed E-state index contributed by atoms with van der Waals surface area (Å²) in [7, 11) is 0. The molecule has 0 aliphatic rings. The molecule has 0 unspecified atom stereocenters. The zero-order valence-corrected chi connectivity index (χ0v) is 12.0. The molecular formula is C15H24N2O2. The van der Waals surface area contributed by atoms with E-state index in [1.807, 2.05) is 24.3 Å². The van der Waals surface area contributed by atoms with Crippen LogP contribution in [0.3, 0.4) is 0 Å². The number of aliphatic hydroxyl groups is 1. The van der Waals surface area contributed by atoms with Crippen LogP contribution in [0.4, 0.5) is 11.4 Å². The monoisotopic (exact) mass is 264 g/mol. The topological polar surface area (TPSA) is 52.6 Å². The van der Waals surface area contributed by atoms with E-state index in [2.05, 4.69) is 31.0 Å². The van der Waals surface area contributed by atoms with Crippen LogP contribution in [0.15, 0.2) is 24.3 Å². The van der Waals surface area contributed by atoms with Crippen molar-refractivity contribution >= 4 is 17.3 Å². The van der Waals surface area contributed by atoms with E-state index in [9.17, 15) is 4.79 Å². The third-order valence-corrected chi connectivity index (χ3v) is 3.01. The Morgan fingerprint density at radius 3 is 2.42 bits per heavy atom. The van der Waals surface area contributed by atoms with Crippen LogP contribution in [0, 0.1) is 0 Å². The Labute approximate surface area is 115 Å². The molecule has 1 aromatic rings. The number of benzene rings is 1. The van der Waals surface area contributed by atoms with Crippen molar-refractivity contribution in [2.24, 2.45) is 0 Å². The molecule has 4 heteroatoms. The average Bonchev–Trinajstić information content (AvgIpc) is 2.39. The molecule has 0 radical (unpaired) electrons. The Kier molecular flexibility index (Phi) is 6.36. The van der Waals surface area contributed by atoms with Gasteiger partial charge >= 0.3 is 0 Å². The first-order valence-electron chi connectivity index (χ1n) is 6.86. The van der Waals surface area contributed by atoms with Crippen molar-refractivity contribution in [3.63, 3.8) is 0 Å². The molecule has 0 atom stereocenters. The lowest BCUT2D eigenvalue weighted by atomic mass is 10.2. The number of carbonyl (C=O) groups is 1. The number of aliphatic hydroxyl groups excluding tert-OH is 1. The van der Waals surface area contributed by atoms with Crippen molar-refractivity contribution in [2.45, 2.75) is 39.7 Å². The summed E-state index contributed by atoms with van der Waals surface area (Å²) in [6, 6.07) is 8.32. The second-order valence-electron chi connectivity index (χ2n) is 4.80. The first-order valence-corrected chi connectivity index (χ1v) is 6.86. The molecule has 0 fully saturated rings. The first kappa shape index (κ1) is 15.5. The summed E-state index contributed by atoms with van der Waals surface area (Å²) in [5, 5.41) is 11.5. The lowest BCUT2D eigenvalue weighted by Crippen LogP contribution is -2.30. The fraction of sp³-hybridized carbons (Fsp3) is 0.533. The number of anilines is 2. The molecule has 0 heterocycles. The van der Waals surface area contributed by atoms with Gasteiger partial charge in [-0.2, -0.15) is 0 Å². The van der Waals surface area contributed by atoms with Crippen molar-refractivity contribution in [3.05, 3.63) is 24.3 Å². The van der Waals surface area contributed by atoms with Crippen molar-refractivity contribution in [1.82, 2.24) is 0 Å². The second-order valence-corrected chi connectivity index (χ2v) is 4.80. The highest BCUT2D eigenvalue weighted by Gasteiger charge is 2.08. The highest BCUT2D eigenvalue weighted by molar-refractivity contribution is 5.90. The van der Waals surface area contributed by atoms with Gasteiger partial charge in [-0.05, 0) is 51.5 Å². The smallest absolute Gasteiger partial charge is 0.224 e. The summed E-state index contributed by atoms with van der Waals surface area (Å²) in [4.78, 5) is 13.8. The first-order chi connectivity index (χ1) is 9.08. The number of amides is 1. The van der Waals surface area contributed by atoms with Crippen molar-refractivity contribution in [1.29, 1.82) is 0 Å². The summed E-state index contributed by atoms with van der Waals surface area (Å²) in [6.45, 7) is 7.46. The van der Waals surface area contributed by atoms with E-state index in [-0.39, 0.29) is 12.5 Å². The molecule has 1 aromatic carbocycles. The van der Waals surface area contributed by atoms with E-state index in [1.54, 1.807) is 0 Å². The van der Waals surface area contributed by atoms with Gasteiger partial charge in [0.15, 0.2) is 0 Å². The molecule has 0 aromatic heterocycles. The third-order valence-electron chi connectivity index (χ3n) is 3.01. The number of hydrogen-bond donors (Lipinski definition) is 2. The van der Waals surface area contributed by atoms with Crippen LogP contribution in [0.2, 0.25) is 0 Å². The van der Waals surface area contributed by atoms with E-state index in [0.29, 0.717) is 18.9 Å². The molecule has 0 bridgehead atoms. The Hall–Kier alpha value is -1.55. The highest BCUT2D eigenvalue weighted by Crippen LogP contribution is 2.20. The zero-order valence-electron chi connectivity index (χ0n) is 12.0. The average molecular weight is 264 g/mol. The van der Waals surface area contributed by atoms with Crippen LogP contribution in [-0.4, -0.2) is 30.2 Å². The minimum absolute atomic E-state index is 0.0478. The minimum Gasteiger partial charge on any atom is -0.396 e. The normalized spacial score (nSPS) is 10.6. The fourth-order valence-electron chi connectivity index (χ4n) is 2.05. The number of nitrogens with zero attached hydrogens (tertiary/aromatic N) is 1. The molecule has 4 nitrogen and oxygen atoms in total. The van der Waals surface area contributed by atoms with Gasteiger partial charge in [-0.3, -0.25) is 4.79 Å². The maximum absolute atomic E-state index is 11.5. The van der Waals surface area contributed by atoms with E-state index < -0.39 is 0 Å². The summed E-state index contributed by atoms with van der Waals surface area (Å²) < 4.78 is 0. The van der Waals surface area contributed by atoms with Crippen LogP contribution in [0.25, 0.3) is 0 Å². The largest absolute Gasteiger partial charge is 0.396 e. The van der Waals surface area contributed by atoms with Crippen molar-refractivity contribution in [2.75, 3.05) is 23.4 Å². The molecule has 0 saturated carbocycles. The van der Waals surface area contributed by atoms with Gasteiger partial charge in [0.25, 0.3) is 0 Å². The number of rotatable bonds is 7. The SMILES string of the molecule is CCN(c1ccc(NC(=O)CCCO)cc1)C(C)C. The summed E-state index contributed by atoms with van der Waals surface area (Å²) in [5.74, 6) is -0.0574. The number of nitrogens with one attached hydrogen (secondary N) is 1. The maximum atomic E-state index is 11.5. The van der Waals surface area contributed by atoms with Gasteiger partial charge in [0.1, 0.15) is 0 Å². The van der Waals surface area contributed by atoms with Crippen LogP contribution >= 0.6 is 0 Å². The second kappa shape index (κ2) is 7.79. The van der Waals surface area contributed by atoms with Crippen LogP contribution in [-0.2, 0) is 4.79 Å². The minimum atomic E-state index is -0.0574. The number of carbonyl (C=O) groups excluding carboxylic acids is 1. The van der Waals surface area contributed by atoms with Gasteiger partial charge in [-0.15, -0.1) is 0 Å². The standard InChI is InChI=1S/C15H24N2O2/c1-4-17(12(2)3)14-9-7-13(8-10-14)16-15(19)6-5-11-18/h7-10,12,18H,4-6,11H2,1-3H3,(H,16,19). The van der Waals surface area contributed by atoms with E-state index in [0.717, 1.165) is 17.9 Å². The predicted octanol–water partition coefficient (Wildman–Crippen LogP) is 2.63. The highest BCUT2D eigenvalue weighted by atomic mass is 16.3. The van der Waals surface area contributed by atoms with Crippen LogP contribution in [0.1, 0.15) is 33.6 Å². The van der Waals surface area contributed by atoms with Crippen LogP contribution in [0.5, 0.6) is 0 Å². The number of hydrogen-bond acceptors (Lipinski definition) is 3. The van der Waals surface area contributed by atoms with Gasteiger partial charge in [-0.1, -0.05) is 0 Å². The van der Waals surface area contributed by atoms with Crippen molar-refractivity contribution in [3.8, 4) is 0 Å². The quantitative estimate of drug-likeness (QED) is 0.796. The van der Waals surface area contributed by atoms with Gasteiger partial charge in [-0.25, -0.2) is 0 Å². The summed E-state index contributed by atoms with van der Waals surface area (Å²) in [5.41, 5.74) is 1.96. The van der Waals surface area contributed by atoms with Crippen molar-refractivity contribution < 1.29 is 9.90 Å². The fourth-order valence-corrected chi connectivity index (χ4v) is 2.05. The molecule has 1 rings (SSSR count). The molecular weight excluding hydrogens is 240 g/mol. The molecule has 1 amide bonds. The predicted molar refractivity (Wildman–Crippen MR) is 79.5 cm³/mol. The third kappa shape index (κ3) is 4.91.